The molecule has 0 saturated heterocycles. The molecule has 0 saturated carbocycles. The number of anilines is 1. The Morgan fingerprint density at radius 1 is 1.41 bits per heavy atom. The van der Waals surface area contributed by atoms with Gasteiger partial charge in [0.25, 0.3) is 0 Å². The fourth-order valence-corrected chi connectivity index (χ4v) is 2.43. The van der Waals surface area contributed by atoms with Crippen molar-refractivity contribution in [3.8, 4) is 5.75 Å². The largest absolute Gasteiger partial charge is 0.493 e. The summed E-state index contributed by atoms with van der Waals surface area (Å²) in [6.07, 6.45) is 0.751. The van der Waals surface area contributed by atoms with Crippen LogP contribution < -0.4 is 15.3 Å². The zero-order valence-corrected chi connectivity index (χ0v) is 9.82. The molecule has 0 spiro atoms. The molecule has 1 aromatic heterocycles. The van der Waals surface area contributed by atoms with Gasteiger partial charge >= 0.3 is 5.63 Å². The minimum absolute atomic E-state index is 0.249. The highest BCUT2D eigenvalue weighted by molar-refractivity contribution is 5.95. The van der Waals surface area contributed by atoms with Gasteiger partial charge < -0.3 is 14.1 Å². The lowest BCUT2D eigenvalue weighted by atomic mass is 10.1. The first-order chi connectivity index (χ1) is 8.22. The predicted octanol–water partition coefficient (Wildman–Crippen LogP) is 1.79. The Morgan fingerprint density at radius 2 is 2.24 bits per heavy atom. The zero-order valence-electron chi connectivity index (χ0n) is 9.82. The number of hydrogen-bond donors (Lipinski definition) is 0. The predicted molar refractivity (Wildman–Crippen MR) is 66.0 cm³/mol. The van der Waals surface area contributed by atoms with Crippen molar-refractivity contribution in [1.29, 1.82) is 0 Å². The lowest BCUT2D eigenvalue weighted by Crippen LogP contribution is -2.13. The van der Waals surface area contributed by atoms with Crippen LogP contribution in [0.25, 0.3) is 11.0 Å². The van der Waals surface area contributed by atoms with Crippen molar-refractivity contribution in [1.82, 2.24) is 0 Å². The van der Waals surface area contributed by atoms with Gasteiger partial charge in [0.2, 0.25) is 0 Å². The van der Waals surface area contributed by atoms with Crippen molar-refractivity contribution in [2.24, 2.45) is 0 Å². The first-order valence-corrected chi connectivity index (χ1v) is 5.56. The highest BCUT2D eigenvalue weighted by Crippen LogP contribution is 2.35. The van der Waals surface area contributed by atoms with E-state index in [2.05, 4.69) is 4.90 Å². The number of para-hydroxylation sites is 1. The summed E-state index contributed by atoms with van der Waals surface area (Å²) in [4.78, 5) is 14.0. The van der Waals surface area contributed by atoms with Crippen LogP contribution in [0.2, 0.25) is 0 Å². The van der Waals surface area contributed by atoms with Gasteiger partial charge in [-0.05, 0) is 18.6 Å². The lowest BCUT2D eigenvalue weighted by Gasteiger charge is -2.14. The zero-order chi connectivity index (χ0) is 12.0. The number of nitrogens with zero attached hydrogens (tertiary/aromatic N) is 1. The first-order valence-electron chi connectivity index (χ1n) is 5.56. The number of hydrogen-bond acceptors (Lipinski definition) is 4. The van der Waals surface area contributed by atoms with Crippen LogP contribution in [0, 0.1) is 0 Å². The summed E-state index contributed by atoms with van der Waals surface area (Å²) in [5, 5.41) is 0.943. The fraction of sp³-hybridized carbons (Fsp3) is 0.308. The molecular formula is C13H13NO3. The molecule has 17 heavy (non-hydrogen) atoms. The highest BCUT2D eigenvalue weighted by atomic mass is 16.5. The molecule has 0 atom stereocenters. The van der Waals surface area contributed by atoms with E-state index in [-0.39, 0.29) is 5.63 Å². The van der Waals surface area contributed by atoms with E-state index in [0.717, 1.165) is 29.6 Å². The molecule has 1 aromatic carbocycles. The maximum absolute atomic E-state index is 11.9. The number of benzene rings is 1. The molecule has 1 aliphatic rings. The topological polar surface area (TPSA) is 42.7 Å². The van der Waals surface area contributed by atoms with Gasteiger partial charge in [-0.1, -0.05) is 6.07 Å². The van der Waals surface area contributed by atoms with Gasteiger partial charge in [0.05, 0.1) is 18.4 Å². The van der Waals surface area contributed by atoms with E-state index in [4.69, 9.17) is 9.15 Å². The second-order valence-corrected chi connectivity index (χ2v) is 4.23. The standard InChI is InChI=1S/C13H13NO3/c1-14-7-6-9-11(14)8-4-3-5-10(16-2)12(8)17-13(9)15/h3-5H,6-7H2,1-2H3. The Bertz CT molecular complexity index is 645. The molecule has 0 amide bonds. The number of fused-ring (bicyclic) bond motifs is 3. The Hall–Kier alpha value is -1.97. The van der Waals surface area contributed by atoms with Crippen LogP contribution in [-0.2, 0) is 6.42 Å². The summed E-state index contributed by atoms with van der Waals surface area (Å²) < 4.78 is 10.6. The van der Waals surface area contributed by atoms with Crippen molar-refractivity contribution in [3.63, 3.8) is 0 Å². The van der Waals surface area contributed by atoms with Crippen molar-refractivity contribution in [3.05, 3.63) is 34.2 Å². The number of ether oxygens (including phenoxy) is 1. The average Bonchev–Trinajstić information content (AvgIpc) is 2.72. The lowest BCUT2D eigenvalue weighted by molar-refractivity contribution is 0.406. The molecule has 0 N–H and O–H groups in total. The van der Waals surface area contributed by atoms with Gasteiger partial charge in [-0.2, -0.15) is 0 Å². The third-order valence-corrected chi connectivity index (χ3v) is 3.26. The summed E-state index contributed by atoms with van der Waals surface area (Å²) in [6.45, 7) is 0.858. The van der Waals surface area contributed by atoms with Crippen LogP contribution in [0.3, 0.4) is 0 Å². The fourth-order valence-electron chi connectivity index (χ4n) is 2.43. The number of methoxy groups -OCH3 is 1. The van der Waals surface area contributed by atoms with Crippen molar-refractivity contribution in [2.45, 2.75) is 6.42 Å². The van der Waals surface area contributed by atoms with Gasteiger partial charge in [0.1, 0.15) is 0 Å². The number of likely N-dealkylation sites (N-methyl/N-ethyl adjacent to an activating group) is 1. The molecule has 2 heterocycles. The van der Waals surface area contributed by atoms with Gasteiger partial charge in [-0.15, -0.1) is 0 Å². The van der Waals surface area contributed by atoms with E-state index in [0.29, 0.717) is 11.3 Å². The van der Waals surface area contributed by atoms with E-state index in [1.54, 1.807) is 13.2 Å². The Morgan fingerprint density at radius 3 is 3.00 bits per heavy atom. The van der Waals surface area contributed by atoms with E-state index >= 15 is 0 Å². The summed E-state index contributed by atoms with van der Waals surface area (Å²) in [5.41, 5.74) is 2.04. The van der Waals surface area contributed by atoms with Crippen molar-refractivity contribution < 1.29 is 9.15 Å². The quantitative estimate of drug-likeness (QED) is 0.702. The second-order valence-electron chi connectivity index (χ2n) is 4.23. The normalized spacial score (nSPS) is 14.1. The molecule has 0 unspecified atom stereocenters. The van der Waals surface area contributed by atoms with Gasteiger partial charge in [-0.3, -0.25) is 0 Å². The van der Waals surface area contributed by atoms with Crippen molar-refractivity contribution in [2.75, 3.05) is 25.6 Å². The molecule has 88 valence electrons. The minimum Gasteiger partial charge on any atom is -0.493 e. The monoisotopic (exact) mass is 231 g/mol. The maximum atomic E-state index is 11.9. The van der Waals surface area contributed by atoms with Crippen molar-refractivity contribution >= 4 is 16.7 Å². The third kappa shape index (κ3) is 1.33. The van der Waals surface area contributed by atoms with Crippen LogP contribution in [0.15, 0.2) is 27.4 Å². The smallest absolute Gasteiger partial charge is 0.341 e. The molecule has 0 fully saturated rings. The van der Waals surface area contributed by atoms with Crippen LogP contribution in [0.1, 0.15) is 5.56 Å². The highest BCUT2D eigenvalue weighted by Gasteiger charge is 2.24. The summed E-state index contributed by atoms with van der Waals surface area (Å²) in [5.74, 6) is 0.600. The molecule has 3 rings (SSSR count). The van der Waals surface area contributed by atoms with Gasteiger partial charge in [0.15, 0.2) is 11.3 Å². The molecule has 4 heteroatoms. The summed E-state index contributed by atoms with van der Waals surface area (Å²) in [7, 11) is 3.57. The van der Waals surface area contributed by atoms with Crippen LogP contribution in [0.5, 0.6) is 5.75 Å². The van der Waals surface area contributed by atoms with Gasteiger partial charge in [0, 0.05) is 19.0 Å². The molecule has 1 aliphatic heterocycles. The molecule has 0 bridgehead atoms. The van der Waals surface area contributed by atoms with Crippen LogP contribution in [-0.4, -0.2) is 20.7 Å². The Kier molecular flexibility index (Phi) is 2.11. The van der Waals surface area contributed by atoms with Gasteiger partial charge in [-0.25, -0.2) is 4.79 Å². The second kappa shape index (κ2) is 3.52. The molecule has 0 radical (unpaired) electrons. The van der Waals surface area contributed by atoms with E-state index in [1.165, 1.54) is 0 Å². The number of rotatable bonds is 1. The SMILES string of the molecule is COc1cccc2c3c(c(=O)oc12)CCN3C. The Labute approximate surface area is 98.4 Å². The van der Waals surface area contributed by atoms with Crippen LogP contribution >= 0.6 is 0 Å². The molecular weight excluding hydrogens is 218 g/mol. The van der Waals surface area contributed by atoms with E-state index in [9.17, 15) is 4.79 Å². The summed E-state index contributed by atoms with van der Waals surface area (Å²) >= 11 is 0. The average molecular weight is 231 g/mol. The van der Waals surface area contributed by atoms with E-state index in [1.807, 2.05) is 19.2 Å². The van der Waals surface area contributed by atoms with Crippen LogP contribution in [0.4, 0.5) is 5.69 Å². The molecule has 0 aliphatic carbocycles. The summed E-state index contributed by atoms with van der Waals surface area (Å²) in [6, 6.07) is 5.67. The molecule has 2 aromatic rings. The first kappa shape index (κ1) is 10.2. The minimum atomic E-state index is -0.249. The maximum Gasteiger partial charge on any atom is 0.341 e. The third-order valence-electron chi connectivity index (χ3n) is 3.26. The van der Waals surface area contributed by atoms with E-state index < -0.39 is 0 Å². The molecule has 4 nitrogen and oxygen atoms in total. The Balaban J connectivity index is 2.47.